The average Bonchev–Trinajstić information content (AvgIpc) is 2.04. The van der Waals surface area contributed by atoms with Crippen molar-refractivity contribution in [3.8, 4) is 0 Å². The number of rotatable bonds is 6. The standard InChI is InChI=1S/C10H18N2O.ClH/c1-5-7-12(4)8-9(3)11-10(13)6-2;/h5H,1,3,6-8H2,2,4H3,(H,11,13);1H. The maximum absolute atomic E-state index is 11.0. The van der Waals surface area contributed by atoms with Crippen molar-refractivity contribution in [3.63, 3.8) is 0 Å². The molecule has 0 aromatic carbocycles. The zero-order chi connectivity index (χ0) is 10.3. The summed E-state index contributed by atoms with van der Waals surface area (Å²) in [5.41, 5.74) is 0.733. The quantitative estimate of drug-likeness (QED) is 0.687. The van der Waals surface area contributed by atoms with Crippen LogP contribution < -0.4 is 5.32 Å². The lowest BCUT2D eigenvalue weighted by Gasteiger charge is -2.16. The molecule has 1 amide bonds. The maximum Gasteiger partial charge on any atom is 0.223 e. The van der Waals surface area contributed by atoms with Crippen molar-refractivity contribution in [3.05, 3.63) is 24.9 Å². The Morgan fingerprint density at radius 3 is 2.57 bits per heavy atom. The molecule has 0 aliphatic carbocycles. The zero-order valence-electron chi connectivity index (χ0n) is 8.88. The van der Waals surface area contributed by atoms with E-state index in [1.165, 1.54) is 0 Å². The molecule has 1 N–H and O–H groups in total. The lowest BCUT2D eigenvalue weighted by Crippen LogP contribution is -2.30. The van der Waals surface area contributed by atoms with Crippen LogP contribution in [0.1, 0.15) is 13.3 Å². The van der Waals surface area contributed by atoms with Crippen LogP contribution >= 0.6 is 12.4 Å². The normalized spacial score (nSPS) is 9.07. The van der Waals surface area contributed by atoms with E-state index in [1.54, 1.807) is 0 Å². The minimum atomic E-state index is 0. The van der Waals surface area contributed by atoms with Gasteiger partial charge < -0.3 is 5.32 Å². The van der Waals surface area contributed by atoms with E-state index < -0.39 is 0 Å². The molecule has 0 radical (unpaired) electrons. The third-order valence-corrected chi connectivity index (χ3v) is 1.54. The van der Waals surface area contributed by atoms with Crippen LogP contribution in [0, 0.1) is 0 Å². The molecule has 14 heavy (non-hydrogen) atoms. The fourth-order valence-electron chi connectivity index (χ4n) is 0.936. The second-order valence-electron chi connectivity index (χ2n) is 2.99. The molecule has 0 bridgehead atoms. The molecule has 0 fully saturated rings. The van der Waals surface area contributed by atoms with Crippen molar-refractivity contribution in [2.24, 2.45) is 0 Å². The molecular formula is C10H19ClN2O. The molecule has 0 rings (SSSR count). The van der Waals surface area contributed by atoms with Crippen molar-refractivity contribution in [1.29, 1.82) is 0 Å². The highest BCUT2D eigenvalue weighted by Gasteiger charge is 2.02. The molecule has 0 spiro atoms. The predicted octanol–water partition coefficient (Wildman–Crippen LogP) is 1.57. The number of hydrogen-bond acceptors (Lipinski definition) is 2. The first kappa shape index (κ1) is 15.7. The largest absolute Gasteiger partial charge is 0.329 e. The van der Waals surface area contributed by atoms with Crippen molar-refractivity contribution in [2.45, 2.75) is 13.3 Å². The molecule has 0 saturated heterocycles. The van der Waals surface area contributed by atoms with Gasteiger partial charge in [-0.2, -0.15) is 0 Å². The predicted molar refractivity (Wildman–Crippen MR) is 62.5 cm³/mol. The van der Waals surface area contributed by atoms with E-state index >= 15 is 0 Å². The number of likely N-dealkylation sites (N-methyl/N-ethyl adjacent to an activating group) is 1. The first-order chi connectivity index (χ1) is 6.10. The first-order valence-corrected chi connectivity index (χ1v) is 4.37. The van der Waals surface area contributed by atoms with Crippen LogP contribution in [0.25, 0.3) is 0 Å². The second kappa shape index (κ2) is 8.78. The van der Waals surface area contributed by atoms with Crippen LogP contribution in [0.3, 0.4) is 0 Å². The highest BCUT2D eigenvalue weighted by atomic mass is 35.5. The van der Waals surface area contributed by atoms with Crippen molar-refractivity contribution in [2.75, 3.05) is 20.1 Å². The number of carbonyl (C=O) groups is 1. The van der Waals surface area contributed by atoms with E-state index in [-0.39, 0.29) is 18.3 Å². The number of amides is 1. The van der Waals surface area contributed by atoms with Gasteiger partial charge in [-0.1, -0.05) is 19.6 Å². The number of hydrogen-bond donors (Lipinski definition) is 1. The average molecular weight is 219 g/mol. The Bertz CT molecular complexity index is 204. The van der Waals surface area contributed by atoms with Gasteiger partial charge in [0.15, 0.2) is 0 Å². The van der Waals surface area contributed by atoms with Gasteiger partial charge in [-0.3, -0.25) is 9.69 Å². The lowest BCUT2D eigenvalue weighted by atomic mass is 10.4. The third-order valence-electron chi connectivity index (χ3n) is 1.54. The smallest absolute Gasteiger partial charge is 0.223 e. The maximum atomic E-state index is 11.0. The summed E-state index contributed by atoms with van der Waals surface area (Å²) in [4.78, 5) is 13.0. The summed E-state index contributed by atoms with van der Waals surface area (Å²) in [5.74, 6) is 0.0111. The van der Waals surface area contributed by atoms with Gasteiger partial charge in [0.2, 0.25) is 5.91 Å². The van der Waals surface area contributed by atoms with Crippen LogP contribution in [0.5, 0.6) is 0 Å². The minimum absolute atomic E-state index is 0. The number of carbonyl (C=O) groups excluding carboxylic acids is 1. The van der Waals surface area contributed by atoms with Gasteiger partial charge >= 0.3 is 0 Å². The summed E-state index contributed by atoms with van der Waals surface area (Å²) < 4.78 is 0. The molecular weight excluding hydrogens is 200 g/mol. The Morgan fingerprint density at radius 1 is 1.57 bits per heavy atom. The van der Waals surface area contributed by atoms with Crippen LogP contribution in [-0.4, -0.2) is 30.9 Å². The van der Waals surface area contributed by atoms with E-state index in [0.29, 0.717) is 13.0 Å². The van der Waals surface area contributed by atoms with Crippen molar-refractivity contribution < 1.29 is 4.79 Å². The Kier molecular flexibility index (Phi) is 9.83. The van der Waals surface area contributed by atoms with Crippen LogP contribution in [0.4, 0.5) is 0 Å². The van der Waals surface area contributed by atoms with Gasteiger partial charge in [-0.05, 0) is 7.05 Å². The van der Waals surface area contributed by atoms with Gasteiger partial charge in [0.1, 0.15) is 0 Å². The molecule has 4 heteroatoms. The highest BCUT2D eigenvalue weighted by molar-refractivity contribution is 5.85. The van der Waals surface area contributed by atoms with Gasteiger partial charge in [0, 0.05) is 25.2 Å². The Labute approximate surface area is 92.3 Å². The fourth-order valence-corrected chi connectivity index (χ4v) is 0.936. The monoisotopic (exact) mass is 218 g/mol. The fraction of sp³-hybridized carbons (Fsp3) is 0.500. The van der Waals surface area contributed by atoms with E-state index in [4.69, 9.17) is 0 Å². The Morgan fingerprint density at radius 2 is 2.14 bits per heavy atom. The summed E-state index contributed by atoms with van der Waals surface area (Å²) in [6.45, 7) is 10.7. The van der Waals surface area contributed by atoms with Crippen molar-refractivity contribution in [1.82, 2.24) is 10.2 Å². The van der Waals surface area contributed by atoms with E-state index in [2.05, 4.69) is 18.5 Å². The molecule has 0 aromatic heterocycles. The molecule has 0 aliphatic heterocycles. The molecule has 0 atom stereocenters. The molecule has 0 heterocycles. The highest BCUT2D eigenvalue weighted by Crippen LogP contribution is 1.91. The SMILES string of the molecule is C=CCN(C)CC(=C)NC(=O)CC.Cl. The lowest BCUT2D eigenvalue weighted by molar-refractivity contribution is -0.120. The molecule has 0 saturated carbocycles. The summed E-state index contributed by atoms with van der Waals surface area (Å²) in [6.07, 6.45) is 2.30. The number of nitrogens with one attached hydrogen (secondary N) is 1. The van der Waals surface area contributed by atoms with Gasteiger partial charge in [-0.25, -0.2) is 0 Å². The summed E-state index contributed by atoms with van der Waals surface area (Å²) in [7, 11) is 1.95. The first-order valence-electron chi connectivity index (χ1n) is 4.37. The Hall–Kier alpha value is -0.800. The van der Waals surface area contributed by atoms with Crippen molar-refractivity contribution >= 4 is 18.3 Å². The van der Waals surface area contributed by atoms with E-state index in [9.17, 15) is 4.79 Å². The van der Waals surface area contributed by atoms with Crippen LogP contribution in [0.2, 0.25) is 0 Å². The third kappa shape index (κ3) is 7.83. The van der Waals surface area contributed by atoms with E-state index in [0.717, 1.165) is 12.2 Å². The van der Waals surface area contributed by atoms with Gasteiger partial charge in [0.25, 0.3) is 0 Å². The zero-order valence-corrected chi connectivity index (χ0v) is 9.69. The number of halogens is 1. The van der Waals surface area contributed by atoms with E-state index in [1.807, 2.05) is 24.9 Å². The second-order valence-corrected chi connectivity index (χ2v) is 2.99. The molecule has 82 valence electrons. The Balaban J connectivity index is 0. The topological polar surface area (TPSA) is 32.3 Å². The molecule has 0 aromatic rings. The summed E-state index contributed by atoms with van der Waals surface area (Å²) >= 11 is 0. The summed E-state index contributed by atoms with van der Waals surface area (Å²) in [5, 5.41) is 2.71. The molecule has 0 aliphatic rings. The van der Waals surface area contributed by atoms with Crippen LogP contribution in [0.15, 0.2) is 24.9 Å². The summed E-state index contributed by atoms with van der Waals surface area (Å²) in [6, 6.07) is 0. The minimum Gasteiger partial charge on any atom is -0.329 e. The van der Waals surface area contributed by atoms with Gasteiger partial charge in [0.05, 0.1) is 0 Å². The molecule has 3 nitrogen and oxygen atoms in total. The number of nitrogens with zero attached hydrogens (tertiary/aromatic N) is 1. The van der Waals surface area contributed by atoms with Crippen LogP contribution in [-0.2, 0) is 4.79 Å². The van der Waals surface area contributed by atoms with Gasteiger partial charge in [-0.15, -0.1) is 19.0 Å². The molecule has 0 unspecified atom stereocenters.